The van der Waals surface area contributed by atoms with E-state index in [1.165, 1.54) is 37.1 Å². The molecule has 0 bridgehead atoms. The van der Waals surface area contributed by atoms with Gasteiger partial charge in [-0.05, 0) is 57.3 Å². The van der Waals surface area contributed by atoms with Gasteiger partial charge in [-0.3, -0.25) is 0 Å². The second-order valence-electron chi connectivity index (χ2n) is 6.00. The summed E-state index contributed by atoms with van der Waals surface area (Å²) >= 11 is 0. The topological polar surface area (TPSA) is 30.7 Å². The molecule has 0 radical (unpaired) electrons. The standard InChI is InChI=1S/C14H23N3/c1-4-10-11-5-7-13-14(8-6-12(10)11)17(9(2)3)16-15-13/h9-12H,4-8H2,1-3H3/t10-,11+,12-/m0/s1. The Bertz CT molecular complexity index is 408. The van der Waals surface area contributed by atoms with Crippen LogP contribution in [0, 0.1) is 17.8 Å². The maximum absolute atomic E-state index is 4.40. The van der Waals surface area contributed by atoms with Gasteiger partial charge in [-0.1, -0.05) is 18.6 Å². The summed E-state index contributed by atoms with van der Waals surface area (Å²) in [5, 5.41) is 8.72. The molecule has 1 fully saturated rings. The van der Waals surface area contributed by atoms with E-state index < -0.39 is 0 Å². The number of aryl methyl sites for hydroxylation is 1. The van der Waals surface area contributed by atoms with Crippen LogP contribution in [-0.2, 0) is 12.8 Å². The molecule has 2 aliphatic rings. The molecular weight excluding hydrogens is 210 g/mol. The summed E-state index contributed by atoms with van der Waals surface area (Å²) in [4.78, 5) is 0. The van der Waals surface area contributed by atoms with Crippen LogP contribution in [0.2, 0.25) is 0 Å². The van der Waals surface area contributed by atoms with Crippen LogP contribution >= 0.6 is 0 Å². The summed E-state index contributed by atoms with van der Waals surface area (Å²) in [6.45, 7) is 6.74. The van der Waals surface area contributed by atoms with E-state index in [4.69, 9.17) is 0 Å². The van der Waals surface area contributed by atoms with Gasteiger partial charge in [-0.25, -0.2) is 4.68 Å². The maximum Gasteiger partial charge on any atom is 0.0859 e. The number of hydrogen-bond acceptors (Lipinski definition) is 2. The Morgan fingerprint density at radius 3 is 2.59 bits per heavy atom. The van der Waals surface area contributed by atoms with Gasteiger partial charge in [0, 0.05) is 6.04 Å². The zero-order chi connectivity index (χ0) is 12.0. The predicted octanol–water partition coefficient (Wildman–Crippen LogP) is 3.01. The van der Waals surface area contributed by atoms with Gasteiger partial charge in [-0.2, -0.15) is 0 Å². The lowest BCUT2D eigenvalue weighted by molar-refractivity contribution is 0.481. The molecule has 0 saturated heterocycles. The first-order chi connectivity index (χ1) is 8.22. The molecule has 94 valence electrons. The number of aromatic nitrogens is 3. The van der Waals surface area contributed by atoms with Gasteiger partial charge < -0.3 is 0 Å². The van der Waals surface area contributed by atoms with Crippen molar-refractivity contribution in [1.82, 2.24) is 15.0 Å². The predicted molar refractivity (Wildman–Crippen MR) is 67.8 cm³/mol. The van der Waals surface area contributed by atoms with Crippen LogP contribution < -0.4 is 0 Å². The Balaban J connectivity index is 1.81. The van der Waals surface area contributed by atoms with Crippen LogP contribution in [0.5, 0.6) is 0 Å². The van der Waals surface area contributed by atoms with Crippen LogP contribution in [0.1, 0.15) is 57.5 Å². The fourth-order valence-electron chi connectivity index (χ4n) is 3.81. The summed E-state index contributed by atoms with van der Waals surface area (Å²) in [5.74, 6) is 3.01. The van der Waals surface area contributed by atoms with Crippen molar-refractivity contribution < 1.29 is 0 Å². The molecule has 1 aromatic heterocycles. The molecule has 0 unspecified atom stereocenters. The zero-order valence-electron chi connectivity index (χ0n) is 11.2. The largest absolute Gasteiger partial charge is 0.247 e. The third-order valence-electron chi connectivity index (χ3n) is 4.77. The summed E-state index contributed by atoms with van der Waals surface area (Å²) in [7, 11) is 0. The Labute approximate surface area is 104 Å². The van der Waals surface area contributed by atoms with E-state index in [2.05, 4.69) is 35.8 Å². The molecule has 0 aromatic carbocycles. The molecule has 17 heavy (non-hydrogen) atoms. The van der Waals surface area contributed by atoms with E-state index in [-0.39, 0.29) is 0 Å². The van der Waals surface area contributed by atoms with Crippen molar-refractivity contribution in [1.29, 1.82) is 0 Å². The average Bonchev–Trinajstić information content (AvgIpc) is 2.78. The van der Waals surface area contributed by atoms with Crippen molar-refractivity contribution in [3.8, 4) is 0 Å². The fourth-order valence-corrected chi connectivity index (χ4v) is 3.81. The van der Waals surface area contributed by atoms with Gasteiger partial charge in [0.1, 0.15) is 0 Å². The zero-order valence-corrected chi connectivity index (χ0v) is 11.2. The number of nitrogens with zero attached hydrogens (tertiary/aromatic N) is 3. The Hall–Kier alpha value is -0.860. The minimum atomic E-state index is 0.447. The Kier molecular flexibility index (Phi) is 2.72. The molecule has 3 heteroatoms. The summed E-state index contributed by atoms with van der Waals surface area (Å²) in [6.07, 6.45) is 6.41. The highest BCUT2D eigenvalue weighted by atomic mass is 15.4. The first kappa shape index (κ1) is 11.2. The quantitative estimate of drug-likeness (QED) is 0.786. The average molecular weight is 233 g/mol. The van der Waals surface area contributed by atoms with Crippen LogP contribution in [0.25, 0.3) is 0 Å². The van der Waals surface area contributed by atoms with Gasteiger partial charge in [0.2, 0.25) is 0 Å². The van der Waals surface area contributed by atoms with Gasteiger partial charge in [0.25, 0.3) is 0 Å². The smallest absolute Gasteiger partial charge is 0.0859 e. The second-order valence-corrected chi connectivity index (χ2v) is 6.00. The van der Waals surface area contributed by atoms with Crippen molar-refractivity contribution in [3.05, 3.63) is 11.4 Å². The molecule has 3 nitrogen and oxygen atoms in total. The summed E-state index contributed by atoms with van der Waals surface area (Å²) in [5.41, 5.74) is 2.69. The molecule has 0 amide bonds. The normalized spacial score (nSPS) is 31.6. The van der Waals surface area contributed by atoms with Gasteiger partial charge in [0.05, 0.1) is 11.4 Å². The fraction of sp³-hybridized carbons (Fsp3) is 0.857. The molecule has 3 atom stereocenters. The molecule has 1 heterocycles. The first-order valence-corrected chi connectivity index (χ1v) is 7.15. The lowest BCUT2D eigenvalue weighted by Crippen LogP contribution is -2.10. The number of hydrogen-bond donors (Lipinski definition) is 0. The van der Waals surface area contributed by atoms with Gasteiger partial charge in [0.15, 0.2) is 0 Å². The van der Waals surface area contributed by atoms with Gasteiger partial charge >= 0.3 is 0 Å². The number of rotatable bonds is 2. The van der Waals surface area contributed by atoms with E-state index in [1.54, 1.807) is 0 Å². The van der Waals surface area contributed by atoms with Crippen molar-refractivity contribution in [3.63, 3.8) is 0 Å². The second kappa shape index (κ2) is 4.11. The van der Waals surface area contributed by atoms with E-state index in [9.17, 15) is 0 Å². The lowest BCUT2D eigenvalue weighted by atomic mass is 10.0. The molecule has 3 rings (SSSR count). The highest BCUT2D eigenvalue weighted by Gasteiger charge is 2.48. The Morgan fingerprint density at radius 1 is 1.24 bits per heavy atom. The molecular formula is C14H23N3. The van der Waals surface area contributed by atoms with Crippen LogP contribution in [-0.4, -0.2) is 15.0 Å². The van der Waals surface area contributed by atoms with E-state index in [0.29, 0.717) is 6.04 Å². The minimum absolute atomic E-state index is 0.447. The Morgan fingerprint density at radius 2 is 1.94 bits per heavy atom. The third kappa shape index (κ3) is 1.80. The van der Waals surface area contributed by atoms with Gasteiger partial charge in [-0.15, -0.1) is 5.10 Å². The van der Waals surface area contributed by atoms with E-state index in [0.717, 1.165) is 24.2 Å². The van der Waals surface area contributed by atoms with Crippen molar-refractivity contribution in [2.45, 2.75) is 58.9 Å². The highest BCUT2D eigenvalue weighted by molar-refractivity contribution is 5.15. The van der Waals surface area contributed by atoms with Crippen molar-refractivity contribution in [2.24, 2.45) is 17.8 Å². The lowest BCUT2D eigenvalue weighted by Gasteiger charge is -2.12. The molecule has 0 N–H and O–H groups in total. The van der Waals surface area contributed by atoms with Crippen molar-refractivity contribution >= 4 is 0 Å². The monoisotopic (exact) mass is 233 g/mol. The molecule has 2 aliphatic carbocycles. The maximum atomic E-state index is 4.40. The first-order valence-electron chi connectivity index (χ1n) is 7.15. The third-order valence-corrected chi connectivity index (χ3v) is 4.77. The summed E-state index contributed by atoms with van der Waals surface area (Å²) < 4.78 is 2.14. The molecule has 0 spiro atoms. The molecule has 1 aromatic rings. The summed E-state index contributed by atoms with van der Waals surface area (Å²) in [6, 6.07) is 0.447. The SMILES string of the molecule is CC[C@H]1[C@H]2CCc3nnn(C(C)C)c3CC[C@@H]12. The van der Waals surface area contributed by atoms with E-state index >= 15 is 0 Å². The van der Waals surface area contributed by atoms with Crippen LogP contribution in [0.15, 0.2) is 0 Å². The van der Waals surface area contributed by atoms with Crippen molar-refractivity contribution in [2.75, 3.05) is 0 Å². The number of fused-ring (bicyclic) bond motifs is 2. The van der Waals surface area contributed by atoms with E-state index in [1.807, 2.05) is 0 Å². The molecule has 1 saturated carbocycles. The minimum Gasteiger partial charge on any atom is -0.247 e. The highest BCUT2D eigenvalue weighted by Crippen LogP contribution is 2.54. The van der Waals surface area contributed by atoms with Crippen LogP contribution in [0.4, 0.5) is 0 Å². The van der Waals surface area contributed by atoms with Crippen LogP contribution in [0.3, 0.4) is 0 Å². The molecule has 0 aliphatic heterocycles.